The highest BCUT2D eigenvalue weighted by atomic mass is 79.9. The number of halogens is 1. The Bertz CT molecular complexity index is 423. The molecular formula is C13H17BrO5S. The van der Waals surface area contributed by atoms with Crippen molar-refractivity contribution in [3.8, 4) is 11.5 Å². The summed E-state index contributed by atoms with van der Waals surface area (Å²) in [6.07, 6.45) is 0. The Morgan fingerprint density at radius 1 is 1.15 bits per heavy atom. The second kappa shape index (κ2) is 9.23. The van der Waals surface area contributed by atoms with E-state index < -0.39 is 0 Å². The Labute approximate surface area is 131 Å². The largest absolute Gasteiger partial charge is 0.466 e. The van der Waals surface area contributed by atoms with Crippen molar-refractivity contribution in [3.05, 3.63) is 22.2 Å². The van der Waals surface area contributed by atoms with Crippen LogP contribution in [-0.2, 0) is 20.0 Å². The van der Waals surface area contributed by atoms with Gasteiger partial charge < -0.3 is 18.9 Å². The second-order valence-corrected chi connectivity index (χ2v) is 5.73. The summed E-state index contributed by atoms with van der Waals surface area (Å²) in [6, 6.07) is 3.69. The Kier molecular flexibility index (Phi) is 7.98. The van der Waals surface area contributed by atoms with Gasteiger partial charge in [0, 0.05) is 26.9 Å². The molecule has 1 aromatic rings. The monoisotopic (exact) mass is 364 g/mol. The average Bonchev–Trinajstić information content (AvgIpc) is 2.43. The highest BCUT2D eigenvalue weighted by Crippen LogP contribution is 2.37. The summed E-state index contributed by atoms with van der Waals surface area (Å²) < 4.78 is 21.4. The molecular weight excluding hydrogens is 348 g/mol. The fraction of sp³-hybridized carbons (Fsp3) is 0.462. The molecule has 0 bridgehead atoms. The van der Waals surface area contributed by atoms with Crippen LogP contribution in [0.2, 0.25) is 0 Å². The van der Waals surface area contributed by atoms with Crippen LogP contribution in [0.25, 0.3) is 0 Å². The van der Waals surface area contributed by atoms with Crippen molar-refractivity contribution >= 4 is 32.8 Å². The second-order valence-electron chi connectivity index (χ2n) is 3.79. The summed E-state index contributed by atoms with van der Waals surface area (Å²) in [6.45, 7) is 1.80. The molecule has 0 fully saturated rings. The summed E-state index contributed by atoms with van der Waals surface area (Å²) in [5.74, 6) is 1.74. The van der Waals surface area contributed by atoms with Gasteiger partial charge in [-0.3, -0.25) is 4.79 Å². The number of benzene rings is 1. The van der Waals surface area contributed by atoms with Gasteiger partial charge in [-0.2, -0.15) is 0 Å². The van der Waals surface area contributed by atoms with E-state index in [1.807, 2.05) is 12.1 Å². The van der Waals surface area contributed by atoms with Crippen molar-refractivity contribution in [2.24, 2.45) is 0 Å². The number of rotatable bonds is 8. The molecule has 1 rings (SSSR count). The topological polar surface area (TPSA) is 54.0 Å². The first-order valence-corrected chi connectivity index (χ1v) is 7.55. The van der Waals surface area contributed by atoms with E-state index in [1.165, 1.54) is 18.7 Å². The van der Waals surface area contributed by atoms with Crippen LogP contribution in [0.5, 0.6) is 11.5 Å². The highest BCUT2D eigenvalue weighted by molar-refractivity contribution is 9.10. The van der Waals surface area contributed by atoms with E-state index in [9.17, 15) is 4.79 Å². The first kappa shape index (κ1) is 17.3. The molecule has 0 radical (unpaired) electrons. The zero-order valence-corrected chi connectivity index (χ0v) is 14.0. The summed E-state index contributed by atoms with van der Waals surface area (Å²) in [7, 11) is 3.09. The third kappa shape index (κ3) is 5.70. The molecule has 0 unspecified atom stereocenters. The van der Waals surface area contributed by atoms with E-state index in [4.69, 9.17) is 18.9 Å². The summed E-state index contributed by atoms with van der Waals surface area (Å²) in [4.78, 5) is 11.0. The van der Waals surface area contributed by atoms with Gasteiger partial charge in [-0.25, -0.2) is 0 Å². The maximum atomic E-state index is 11.0. The minimum atomic E-state index is 0.0617. The fourth-order valence-electron chi connectivity index (χ4n) is 1.35. The van der Waals surface area contributed by atoms with Crippen molar-refractivity contribution < 1.29 is 23.7 Å². The maximum absolute atomic E-state index is 11.0. The Morgan fingerprint density at radius 2 is 1.65 bits per heavy atom. The number of methoxy groups -OCH3 is 2. The van der Waals surface area contributed by atoms with E-state index >= 15 is 0 Å². The van der Waals surface area contributed by atoms with E-state index in [0.717, 1.165) is 5.56 Å². The quantitative estimate of drug-likeness (QED) is 0.660. The van der Waals surface area contributed by atoms with E-state index in [2.05, 4.69) is 15.9 Å². The normalized spacial score (nSPS) is 10.4. The van der Waals surface area contributed by atoms with E-state index in [0.29, 0.717) is 21.7 Å². The third-order valence-electron chi connectivity index (χ3n) is 2.17. The number of thioether (sulfide) groups is 1. The summed E-state index contributed by atoms with van der Waals surface area (Å²) in [5, 5.41) is 0.0617. The molecule has 0 spiro atoms. The van der Waals surface area contributed by atoms with Crippen molar-refractivity contribution in [2.75, 3.05) is 27.8 Å². The molecule has 112 valence electrons. The van der Waals surface area contributed by atoms with Gasteiger partial charge in [0.2, 0.25) is 0 Å². The molecule has 0 aliphatic carbocycles. The molecule has 0 atom stereocenters. The molecule has 0 aromatic heterocycles. The lowest BCUT2D eigenvalue weighted by Crippen LogP contribution is -2.04. The molecule has 0 heterocycles. The molecule has 0 amide bonds. The van der Waals surface area contributed by atoms with Gasteiger partial charge >= 0.3 is 0 Å². The number of carbonyl (C=O) groups is 1. The van der Waals surface area contributed by atoms with Gasteiger partial charge in [-0.05, 0) is 33.6 Å². The number of hydrogen-bond donors (Lipinski definition) is 0. The lowest BCUT2D eigenvalue weighted by Gasteiger charge is -2.14. The van der Waals surface area contributed by atoms with Crippen LogP contribution in [0.15, 0.2) is 16.6 Å². The zero-order valence-electron chi connectivity index (χ0n) is 11.6. The molecule has 0 aliphatic rings. The van der Waals surface area contributed by atoms with Crippen LogP contribution in [0, 0.1) is 0 Å². The van der Waals surface area contributed by atoms with Gasteiger partial charge in [0.15, 0.2) is 18.7 Å². The number of hydrogen-bond acceptors (Lipinski definition) is 6. The SMILES string of the molecule is COCOc1cc(CSC(C)=O)cc(OCOC)c1Br. The van der Waals surface area contributed by atoms with Crippen LogP contribution < -0.4 is 9.47 Å². The van der Waals surface area contributed by atoms with Crippen molar-refractivity contribution in [3.63, 3.8) is 0 Å². The number of carbonyl (C=O) groups excluding carboxylic acids is 1. The summed E-state index contributed by atoms with van der Waals surface area (Å²) in [5.41, 5.74) is 0.922. The molecule has 20 heavy (non-hydrogen) atoms. The minimum Gasteiger partial charge on any atom is -0.466 e. The maximum Gasteiger partial charge on any atom is 0.188 e. The standard InChI is InChI=1S/C13H17BrO5S/c1-9(15)20-6-10-4-11(18-7-16-2)13(14)12(5-10)19-8-17-3/h4-5H,6-8H2,1-3H3. The van der Waals surface area contributed by atoms with Gasteiger partial charge in [-0.15, -0.1) is 0 Å². The van der Waals surface area contributed by atoms with Crippen LogP contribution >= 0.6 is 27.7 Å². The Hall–Kier alpha value is -0.760. The van der Waals surface area contributed by atoms with Gasteiger partial charge in [-0.1, -0.05) is 11.8 Å². The molecule has 0 saturated carbocycles. The summed E-state index contributed by atoms with van der Waals surface area (Å²) >= 11 is 4.65. The smallest absolute Gasteiger partial charge is 0.188 e. The van der Waals surface area contributed by atoms with Crippen LogP contribution in [0.1, 0.15) is 12.5 Å². The van der Waals surface area contributed by atoms with Gasteiger partial charge in [0.25, 0.3) is 0 Å². The third-order valence-corrected chi connectivity index (χ3v) is 3.84. The molecule has 7 heteroatoms. The van der Waals surface area contributed by atoms with Crippen LogP contribution in [-0.4, -0.2) is 32.9 Å². The lowest BCUT2D eigenvalue weighted by molar-refractivity contribution is -0.109. The van der Waals surface area contributed by atoms with E-state index in [-0.39, 0.29) is 18.7 Å². The van der Waals surface area contributed by atoms with Gasteiger partial charge in [0.05, 0.1) is 0 Å². The molecule has 0 N–H and O–H groups in total. The predicted molar refractivity (Wildman–Crippen MR) is 81.1 cm³/mol. The zero-order chi connectivity index (χ0) is 15.0. The van der Waals surface area contributed by atoms with Crippen molar-refractivity contribution in [1.82, 2.24) is 0 Å². The molecule has 0 aliphatic heterocycles. The Morgan fingerprint density at radius 3 is 2.05 bits per heavy atom. The Balaban J connectivity index is 2.95. The fourth-order valence-corrected chi connectivity index (χ4v) is 2.34. The van der Waals surface area contributed by atoms with Crippen molar-refractivity contribution in [2.45, 2.75) is 12.7 Å². The predicted octanol–water partition coefficient (Wildman–Crippen LogP) is 3.19. The molecule has 0 saturated heterocycles. The van der Waals surface area contributed by atoms with Gasteiger partial charge in [0.1, 0.15) is 16.0 Å². The first-order chi connectivity index (χ1) is 9.58. The molecule has 5 nitrogen and oxygen atoms in total. The minimum absolute atomic E-state index is 0.0617. The first-order valence-electron chi connectivity index (χ1n) is 5.77. The van der Waals surface area contributed by atoms with Crippen LogP contribution in [0.3, 0.4) is 0 Å². The lowest BCUT2D eigenvalue weighted by atomic mass is 10.2. The van der Waals surface area contributed by atoms with Crippen molar-refractivity contribution in [1.29, 1.82) is 0 Å². The average molecular weight is 365 g/mol. The van der Waals surface area contributed by atoms with E-state index in [1.54, 1.807) is 14.2 Å². The molecule has 1 aromatic carbocycles. The highest BCUT2D eigenvalue weighted by Gasteiger charge is 2.12. The van der Waals surface area contributed by atoms with Crippen LogP contribution in [0.4, 0.5) is 0 Å². The number of ether oxygens (including phenoxy) is 4.